The lowest BCUT2D eigenvalue weighted by Gasteiger charge is -2.45. The van der Waals surface area contributed by atoms with Crippen molar-refractivity contribution in [1.82, 2.24) is 10.2 Å². The van der Waals surface area contributed by atoms with E-state index in [1.165, 1.54) is 12.8 Å². The van der Waals surface area contributed by atoms with Crippen molar-refractivity contribution in [3.63, 3.8) is 0 Å². The van der Waals surface area contributed by atoms with Gasteiger partial charge in [0.1, 0.15) is 18.0 Å². The van der Waals surface area contributed by atoms with Crippen LogP contribution in [0.25, 0.3) is 0 Å². The van der Waals surface area contributed by atoms with Crippen LogP contribution in [0.2, 0.25) is 0 Å². The molecule has 3 aliphatic rings. The minimum Gasteiger partial charge on any atom is -0.482 e. The maximum atomic E-state index is 14.0. The van der Waals surface area contributed by atoms with Crippen LogP contribution >= 0.6 is 22.6 Å². The third kappa shape index (κ3) is 6.61. The predicted octanol–water partition coefficient (Wildman–Crippen LogP) is 3.95. The van der Waals surface area contributed by atoms with Crippen LogP contribution in [0.4, 0.5) is 0 Å². The number of halogens is 1. The smallest absolute Gasteiger partial charge is 0.247 e. The van der Waals surface area contributed by atoms with Crippen LogP contribution in [-0.2, 0) is 9.59 Å². The van der Waals surface area contributed by atoms with Crippen LogP contribution in [-0.4, -0.2) is 64.4 Å². The summed E-state index contributed by atoms with van der Waals surface area (Å²) in [5, 5.41) is 23.6. The number of para-hydroxylation sites is 1. The van der Waals surface area contributed by atoms with E-state index in [-0.39, 0.29) is 43.3 Å². The van der Waals surface area contributed by atoms with Crippen LogP contribution in [0.15, 0.2) is 35.9 Å². The highest BCUT2D eigenvalue weighted by molar-refractivity contribution is 14.1. The molecule has 1 aromatic carbocycles. The molecule has 2 fully saturated rings. The van der Waals surface area contributed by atoms with Crippen molar-refractivity contribution in [2.24, 2.45) is 5.92 Å². The molecule has 7 nitrogen and oxygen atoms in total. The van der Waals surface area contributed by atoms with Gasteiger partial charge in [-0.25, -0.2) is 0 Å². The van der Waals surface area contributed by atoms with Crippen molar-refractivity contribution in [2.45, 2.75) is 94.9 Å². The fourth-order valence-electron chi connectivity index (χ4n) is 5.97. The number of carbonyl (C=O) groups excluding carboxylic acids is 2. The number of ether oxygens (including phenoxy) is 1. The first-order chi connectivity index (χ1) is 17.5. The molecule has 0 spiro atoms. The number of nitrogens with one attached hydrogen (secondary N) is 1. The fourth-order valence-corrected chi connectivity index (χ4v) is 6.48. The van der Waals surface area contributed by atoms with E-state index in [0.29, 0.717) is 11.3 Å². The molecule has 0 radical (unpaired) electrons. The Kier molecular flexibility index (Phi) is 10.1. The van der Waals surface area contributed by atoms with Gasteiger partial charge in [0.15, 0.2) is 0 Å². The van der Waals surface area contributed by atoms with E-state index in [9.17, 15) is 19.8 Å². The summed E-state index contributed by atoms with van der Waals surface area (Å²) in [6, 6.07) is 7.12. The Labute approximate surface area is 227 Å². The number of nitrogens with zero attached hydrogens (tertiary/aromatic N) is 1. The number of rotatable bonds is 8. The minimum atomic E-state index is -0.955. The Morgan fingerprint density at radius 3 is 2.36 bits per heavy atom. The molecule has 0 aromatic heterocycles. The summed E-state index contributed by atoms with van der Waals surface area (Å²) in [5.74, 6) is 0.477. The topological polar surface area (TPSA) is 99.1 Å². The molecule has 3 N–H and O–H groups in total. The Balaban J connectivity index is 1.67. The first-order valence-electron chi connectivity index (χ1n) is 13.5. The van der Waals surface area contributed by atoms with E-state index in [4.69, 9.17) is 4.74 Å². The number of amides is 2. The first-order valence-corrected chi connectivity index (χ1v) is 14.6. The van der Waals surface area contributed by atoms with Gasteiger partial charge in [-0.2, -0.15) is 0 Å². The van der Waals surface area contributed by atoms with Gasteiger partial charge in [-0.05, 0) is 66.5 Å². The van der Waals surface area contributed by atoms with Crippen LogP contribution in [0.5, 0.6) is 5.75 Å². The van der Waals surface area contributed by atoms with Crippen LogP contribution in [0.1, 0.15) is 70.6 Å². The van der Waals surface area contributed by atoms with E-state index in [1.807, 2.05) is 29.2 Å². The molecule has 36 heavy (non-hydrogen) atoms. The van der Waals surface area contributed by atoms with Crippen LogP contribution in [0.3, 0.4) is 0 Å². The lowest BCUT2D eigenvalue weighted by molar-refractivity contribution is -0.146. The summed E-state index contributed by atoms with van der Waals surface area (Å²) in [5.41, 5.74) is 0.493. The van der Waals surface area contributed by atoms with Crippen molar-refractivity contribution in [3.05, 3.63) is 39.5 Å². The van der Waals surface area contributed by atoms with Crippen molar-refractivity contribution >= 4 is 34.4 Å². The third-order valence-corrected chi connectivity index (χ3v) is 8.74. The summed E-state index contributed by atoms with van der Waals surface area (Å²) < 4.78 is 7.19. The SMILES string of the molecule is O=C(NCCO)C1=CC(Oc2ccccc2I)C(O)C(N(C(=O)C2CCCC2)C2CCCCCC2)C1. The molecule has 8 heteroatoms. The van der Waals surface area contributed by atoms with Crippen molar-refractivity contribution in [2.75, 3.05) is 13.2 Å². The predicted molar refractivity (Wildman–Crippen MR) is 146 cm³/mol. The number of hydrogen-bond acceptors (Lipinski definition) is 5. The van der Waals surface area contributed by atoms with E-state index >= 15 is 0 Å². The molecule has 0 heterocycles. The van der Waals surface area contributed by atoms with Gasteiger partial charge >= 0.3 is 0 Å². The molecule has 0 saturated heterocycles. The standard InChI is InChI=1S/C28H39IN2O5/c29-22-13-7-8-14-24(22)36-25-18-20(27(34)30-15-16-32)17-23(26(25)33)31(21-11-3-1-2-4-12-21)28(35)19-9-5-6-10-19/h7-8,13-14,18-19,21,23,25-26,32-33H,1-6,9-12,15-17H2,(H,30,34). The molecule has 2 amide bonds. The monoisotopic (exact) mass is 610 g/mol. The minimum absolute atomic E-state index is 0.00698. The largest absolute Gasteiger partial charge is 0.482 e. The highest BCUT2D eigenvalue weighted by Crippen LogP contribution is 2.36. The van der Waals surface area contributed by atoms with Gasteiger partial charge in [-0.15, -0.1) is 0 Å². The van der Waals surface area contributed by atoms with Gasteiger partial charge in [-0.3, -0.25) is 9.59 Å². The summed E-state index contributed by atoms with van der Waals surface area (Å²) >= 11 is 2.20. The highest BCUT2D eigenvalue weighted by atomic mass is 127. The molecule has 198 valence electrons. The van der Waals surface area contributed by atoms with E-state index in [0.717, 1.165) is 54.9 Å². The Hall–Kier alpha value is -1.65. The molecule has 3 atom stereocenters. The Bertz CT molecular complexity index is 924. The summed E-state index contributed by atoms with van der Waals surface area (Å²) in [6.45, 7) is 0.000419. The van der Waals surface area contributed by atoms with E-state index < -0.39 is 18.2 Å². The van der Waals surface area contributed by atoms with Gasteiger partial charge in [0, 0.05) is 30.5 Å². The zero-order chi connectivity index (χ0) is 25.5. The van der Waals surface area contributed by atoms with Crippen LogP contribution in [0, 0.1) is 9.49 Å². The molecular formula is C28H39IN2O5. The molecule has 0 aliphatic heterocycles. The quantitative estimate of drug-likeness (QED) is 0.306. The summed E-state index contributed by atoms with van der Waals surface area (Å²) in [7, 11) is 0. The summed E-state index contributed by atoms with van der Waals surface area (Å²) in [6.07, 6.45) is 10.5. The van der Waals surface area contributed by atoms with Crippen LogP contribution < -0.4 is 10.1 Å². The van der Waals surface area contributed by atoms with Crippen molar-refractivity contribution in [1.29, 1.82) is 0 Å². The maximum absolute atomic E-state index is 14.0. The molecule has 3 unspecified atom stereocenters. The van der Waals surface area contributed by atoms with E-state index in [2.05, 4.69) is 27.9 Å². The second kappa shape index (κ2) is 13.2. The lowest BCUT2D eigenvalue weighted by atomic mass is 9.85. The number of aliphatic hydroxyl groups excluding tert-OH is 2. The number of carbonyl (C=O) groups is 2. The molecule has 2 saturated carbocycles. The average molecular weight is 611 g/mol. The van der Waals surface area contributed by atoms with Crippen molar-refractivity contribution < 1.29 is 24.5 Å². The maximum Gasteiger partial charge on any atom is 0.247 e. The van der Waals surface area contributed by atoms with Gasteiger partial charge in [-0.1, -0.05) is 50.7 Å². The molecule has 0 bridgehead atoms. The zero-order valence-electron chi connectivity index (χ0n) is 20.9. The van der Waals surface area contributed by atoms with Gasteiger partial charge in [0.2, 0.25) is 11.8 Å². The second-order valence-corrected chi connectivity index (χ2v) is 11.5. The van der Waals surface area contributed by atoms with E-state index in [1.54, 1.807) is 6.08 Å². The van der Waals surface area contributed by atoms with Gasteiger partial charge in [0.25, 0.3) is 0 Å². The fraction of sp³-hybridized carbons (Fsp3) is 0.643. The zero-order valence-corrected chi connectivity index (χ0v) is 23.1. The number of aliphatic hydroxyl groups is 2. The Morgan fingerprint density at radius 1 is 1.03 bits per heavy atom. The second-order valence-electron chi connectivity index (χ2n) is 10.3. The molecule has 3 aliphatic carbocycles. The van der Waals surface area contributed by atoms with Crippen molar-refractivity contribution in [3.8, 4) is 5.75 Å². The molecule has 1 aromatic rings. The average Bonchev–Trinajstić information content (AvgIpc) is 3.30. The summed E-state index contributed by atoms with van der Waals surface area (Å²) in [4.78, 5) is 29.0. The van der Waals surface area contributed by atoms with Gasteiger partial charge in [0.05, 0.1) is 16.2 Å². The third-order valence-electron chi connectivity index (χ3n) is 7.85. The molecular weight excluding hydrogens is 571 g/mol. The Morgan fingerprint density at radius 2 is 1.69 bits per heavy atom. The van der Waals surface area contributed by atoms with Gasteiger partial charge < -0.3 is 25.2 Å². The highest BCUT2D eigenvalue weighted by Gasteiger charge is 2.44. The number of benzene rings is 1. The number of hydrogen-bond donors (Lipinski definition) is 3. The lowest BCUT2D eigenvalue weighted by Crippen LogP contribution is -2.59. The molecule has 4 rings (SSSR count). The first kappa shape index (κ1) is 27.4. The normalized spacial score (nSPS) is 25.6.